The Hall–Kier alpha value is -1.89. The highest BCUT2D eigenvalue weighted by Crippen LogP contribution is 2.12. The minimum atomic E-state index is -0.547. The summed E-state index contributed by atoms with van der Waals surface area (Å²) in [7, 11) is 0. The summed E-state index contributed by atoms with van der Waals surface area (Å²) in [5.74, 6) is 0.136. The molecule has 1 unspecified atom stereocenters. The third-order valence-corrected chi connectivity index (χ3v) is 4.93. The Bertz CT molecular complexity index is 775. The highest BCUT2D eigenvalue weighted by molar-refractivity contribution is 7.17. The fourth-order valence-electron chi connectivity index (χ4n) is 2.52. The van der Waals surface area contributed by atoms with E-state index in [0.717, 1.165) is 30.3 Å². The number of amides is 1. The minimum absolute atomic E-state index is 0.244. The van der Waals surface area contributed by atoms with Gasteiger partial charge in [0.2, 0.25) is 5.91 Å². The molecule has 0 saturated carbocycles. The number of nitrogens with one attached hydrogen (secondary N) is 2. The number of hydrogen-bond donors (Lipinski definition) is 2. The maximum atomic E-state index is 12.3. The van der Waals surface area contributed by atoms with Crippen LogP contribution < -0.4 is 16.6 Å². The van der Waals surface area contributed by atoms with Gasteiger partial charge in [-0.15, -0.1) is 11.3 Å². The molecule has 2 rings (SSSR count). The quantitative estimate of drug-likeness (QED) is 0.773. The van der Waals surface area contributed by atoms with E-state index in [4.69, 9.17) is 0 Å². The lowest BCUT2D eigenvalue weighted by atomic mass is 9.99. The lowest BCUT2D eigenvalue weighted by Gasteiger charge is -2.15. The van der Waals surface area contributed by atoms with Crippen molar-refractivity contribution >= 4 is 27.5 Å². The molecule has 2 N–H and O–H groups in total. The molecule has 2 aromatic rings. The van der Waals surface area contributed by atoms with Gasteiger partial charge in [-0.05, 0) is 23.8 Å². The van der Waals surface area contributed by atoms with E-state index in [-0.39, 0.29) is 12.5 Å². The van der Waals surface area contributed by atoms with Crippen molar-refractivity contribution in [2.24, 2.45) is 5.92 Å². The largest absolute Gasteiger partial charge is 0.354 e. The van der Waals surface area contributed by atoms with Gasteiger partial charge in [-0.3, -0.25) is 9.59 Å². The molecule has 2 heterocycles. The Morgan fingerprint density at radius 1 is 1.39 bits per heavy atom. The third kappa shape index (κ3) is 4.31. The summed E-state index contributed by atoms with van der Waals surface area (Å²) in [6.07, 6.45) is 4.36. The monoisotopic (exact) mass is 337 g/mol. The highest BCUT2D eigenvalue weighted by atomic mass is 32.1. The van der Waals surface area contributed by atoms with Crippen molar-refractivity contribution in [1.29, 1.82) is 0 Å². The molecule has 0 aromatic carbocycles. The molecule has 7 heteroatoms. The fraction of sp³-hybridized carbons (Fsp3) is 0.562. The third-order valence-electron chi connectivity index (χ3n) is 4.02. The molecular weight excluding hydrogens is 314 g/mol. The number of fused-ring (bicyclic) bond motifs is 1. The second kappa shape index (κ2) is 8.10. The Morgan fingerprint density at radius 2 is 2.17 bits per heavy atom. The minimum Gasteiger partial charge on any atom is -0.354 e. The van der Waals surface area contributed by atoms with E-state index >= 15 is 0 Å². The molecular formula is C16H23N3O3S. The van der Waals surface area contributed by atoms with Crippen LogP contribution in [0.25, 0.3) is 10.2 Å². The Labute approximate surface area is 138 Å². The van der Waals surface area contributed by atoms with Gasteiger partial charge in [0, 0.05) is 6.54 Å². The van der Waals surface area contributed by atoms with Crippen LogP contribution in [0.3, 0.4) is 0 Å². The molecule has 0 aliphatic carbocycles. The van der Waals surface area contributed by atoms with Gasteiger partial charge in [-0.2, -0.15) is 0 Å². The molecule has 0 aliphatic heterocycles. The van der Waals surface area contributed by atoms with Gasteiger partial charge in [0.25, 0.3) is 5.56 Å². The molecule has 23 heavy (non-hydrogen) atoms. The second-order valence-electron chi connectivity index (χ2n) is 5.71. The predicted molar refractivity (Wildman–Crippen MR) is 93.0 cm³/mol. The first kappa shape index (κ1) is 17.5. The molecule has 1 amide bonds. The Balaban J connectivity index is 2.03. The smallest absolute Gasteiger partial charge is 0.329 e. The van der Waals surface area contributed by atoms with Crippen LogP contribution in [0.4, 0.5) is 0 Å². The van der Waals surface area contributed by atoms with E-state index in [1.807, 2.05) is 0 Å². The van der Waals surface area contributed by atoms with E-state index in [9.17, 15) is 14.4 Å². The van der Waals surface area contributed by atoms with Crippen LogP contribution in [0.15, 0.2) is 21.0 Å². The van der Waals surface area contributed by atoms with Gasteiger partial charge in [-0.25, -0.2) is 9.36 Å². The van der Waals surface area contributed by atoms with E-state index in [2.05, 4.69) is 24.1 Å². The number of carbonyl (C=O) groups excluding carboxylic acids is 1. The summed E-state index contributed by atoms with van der Waals surface area (Å²) in [4.78, 5) is 38.9. The van der Waals surface area contributed by atoms with Crippen molar-refractivity contribution in [2.75, 3.05) is 6.54 Å². The molecule has 126 valence electrons. The van der Waals surface area contributed by atoms with E-state index in [0.29, 0.717) is 22.7 Å². The number of thiophene rings is 1. The highest BCUT2D eigenvalue weighted by Gasteiger charge is 2.13. The van der Waals surface area contributed by atoms with Crippen LogP contribution in [0.2, 0.25) is 0 Å². The predicted octanol–water partition coefficient (Wildman–Crippen LogP) is 2.08. The topological polar surface area (TPSA) is 84.0 Å². The van der Waals surface area contributed by atoms with Crippen LogP contribution in [0.5, 0.6) is 0 Å². The van der Waals surface area contributed by atoms with Gasteiger partial charge < -0.3 is 10.3 Å². The number of unbranched alkanes of at least 4 members (excludes halogenated alkanes) is 1. The van der Waals surface area contributed by atoms with Crippen LogP contribution >= 0.6 is 11.3 Å². The zero-order valence-electron chi connectivity index (χ0n) is 13.6. The van der Waals surface area contributed by atoms with Crippen molar-refractivity contribution in [3.8, 4) is 0 Å². The lowest BCUT2D eigenvalue weighted by Crippen LogP contribution is -2.41. The first-order valence-corrected chi connectivity index (χ1v) is 8.91. The number of aromatic nitrogens is 2. The van der Waals surface area contributed by atoms with Crippen molar-refractivity contribution in [3.63, 3.8) is 0 Å². The number of rotatable bonds is 8. The molecule has 1 atom stereocenters. The molecule has 0 aliphatic rings. The Morgan fingerprint density at radius 3 is 2.87 bits per heavy atom. The number of nitrogens with zero attached hydrogens (tertiary/aromatic N) is 1. The lowest BCUT2D eigenvalue weighted by molar-refractivity contribution is -0.122. The van der Waals surface area contributed by atoms with Crippen molar-refractivity contribution < 1.29 is 4.79 Å². The summed E-state index contributed by atoms with van der Waals surface area (Å²) in [5.41, 5.74) is -0.437. The first-order valence-electron chi connectivity index (χ1n) is 8.03. The van der Waals surface area contributed by atoms with Gasteiger partial charge in [0.1, 0.15) is 11.2 Å². The summed E-state index contributed by atoms with van der Waals surface area (Å²) >= 11 is 1.26. The van der Waals surface area contributed by atoms with Crippen molar-refractivity contribution in [2.45, 2.75) is 46.1 Å². The molecule has 0 saturated heterocycles. The van der Waals surface area contributed by atoms with Crippen LogP contribution in [-0.4, -0.2) is 22.0 Å². The second-order valence-corrected chi connectivity index (χ2v) is 6.62. The maximum Gasteiger partial charge on any atom is 0.329 e. The summed E-state index contributed by atoms with van der Waals surface area (Å²) in [6.45, 7) is 4.59. The van der Waals surface area contributed by atoms with Crippen LogP contribution in [0, 0.1) is 5.92 Å². The number of hydrogen-bond acceptors (Lipinski definition) is 4. The molecule has 0 fully saturated rings. The van der Waals surface area contributed by atoms with E-state index < -0.39 is 11.2 Å². The fourth-order valence-corrected chi connectivity index (χ4v) is 3.31. The van der Waals surface area contributed by atoms with Crippen molar-refractivity contribution in [3.05, 3.63) is 32.3 Å². The number of H-pyrrole nitrogens is 1. The average Bonchev–Trinajstić information content (AvgIpc) is 3.00. The average molecular weight is 337 g/mol. The van der Waals surface area contributed by atoms with Crippen LogP contribution in [0.1, 0.15) is 39.5 Å². The first-order chi connectivity index (χ1) is 11.1. The molecule has 2 aromatic heterocycles. The van der Waals surface area contributed by atoms with E-state index in [1.165, 1.54) is 11.3 Å². The molecule has 0 spiro atoms. The molecule has 0 bridgehead atoms. The standard InChI is InChI=1S/C16H23N3O3S/c1-3-5-6-11(4-2)9-17-13(20)10-19-15(21)14-12(7-8-23-14)18-16(19)22/h7-8,11H,3-6,9-10H2,1-2H3,(H,17,20)(H,18,22). The zero-order valence-corrected chi connectivity index (χ0v) is 14.4. The van der Waals surface area contributed by atoms with Gasteiger partial charge >= 0.3 is 5.69 Å². The normalized spacial score (nSPS) is 12.4. The van der Waals surface area contributed by atoms with Crippen LogP contribution in [-0.2, 0) is 11.3 Å². The van der Waals surface area contributed by atoms with Gasteiger partial charge in [-0.1, -0.05) is 33.1 Å². The van der Waals surface area contributed by atoms with Crippen molar-refractivity contribution in [1.82, 2.24) is 14.9 Å². The van der Waals surface area contributed by atoms with Gasteiger partial charge in [0.15, 0.2) is 0 Å². The SMILES string of the molecule is CCCCC(CC)CNC(=O)Cn1c(=O)[nH]c2ccsc2c1=O. The zero-order chi connectivity index (χ0) is 16.8. The molecule has 0 radical (unpaired) electrons. The summed E-state index contributed by atoms with van der Waals surface area (Å²) < 4.78 is 1.42. The summed E-state index contributed by atoms with van der Waals surface area (Å²) in [6, 6.07) is 1.69. The number of carbonyl (C=O) groups is 1. The van der Waals surface area contributed by atoms with Gasteiger partial charge in [0.05, 0.1) is 5.52 Å². The number of aromatic amines is 1. The molecule has 6 nitrogen and oxygen atoms in total. The Kier molecular flexibility index (Phi) is 6.15. The maximum absolute atomic E-state index is 12.3. The van der Waals surface area contributed by atoms with E-state index in [1.54, 1.807) is 11.4 Å². The summed E-state index contributed by atoms with van der Waals surface area (Å²) in [5, 5.41) is 4.58.